The number of carboxylic acids is 1. The Bertz CT molecular complexity index is 1510. The molecule has 4 rings (SSSR count). The second kappa shape index (κ2) is 9.88. The first-order valence-corrected chi connectivity index (χ1v) is 12.5. The molecule has 0 aliphatic carbocycles. The number of nitrogens with zero attached hydrogens (tertiary/aromatic N) is 1. The van der Waals surface area contributed by atoms with Crippen molar-refractivity contribution in [3.05, 3.63) is 72.0 Å². The molecule has 1 heterocycles. The highest BCUT2D eigenvalue weighted by Gasteiger charge is 2.27. The van der Waals surface area contributed by atoms with Gasteiger partial charge in [-0.1, -0.05) is 0 Å². The summed E-state index contributed by atoms with van der Waals surface area (Å²) >= 11 is 0. The molecule has 188 valence electrons. The Morgan fingerprint density at radius 1 is 1.06 bits per heavy atom. The monoisotopic (exact) mass is 515 g/mol. The lowest BCUT2D eigenvalue weighted by Crippen LogP contribution is -2.32. The van der Waals surface area contributed by atoms with Crippen molar-refractivity contribution in [1.82, 2.24) is 0 Å². The van der Waals surface area contributed by atoms with Crippen molar-refractivity contribution < 1.29 is 41.7 Å². The summed E-state index contributed by atoms with van der Waals surface area (Å²) in [5, 5.41) is 19.5. The molecule has 0 radical (unpaired) electrons. The van der Waals surface area contributed by atoms with E-state index < -0.39 is 22.6 Å². The van der Waals surface area contributed by atoms with Crippen LogP contribution in [0.3, 0.4) is 0 Å². The quantitative estimate of drug-likeness (QED) is 0.334. The number of rotatable bonds is 9. The smallest absolute Gasteiger partial charge is 0.340 e. The third-order valence-corrected chi connectivity index (χ3v) is 6.52. The first kappa shape index (κ1) is 25.0. The van der Waals surface area contributed by atoms with Crippen LogP contribution in [0.2, 0.25) is 0 Å². The fourth-order valence-electron chi connectivity index (χ4n) is 3.76. The van der Waals surface area contributed by atoms with Gasteiger partial charge < -0.3 is 24.1 Å². The van der Waals surface area contributed by atoms with Crippen LogP contribution in [0, 0.1) is 5.82 Å². The highest BCUT2D eigenvalue weighted by atomic mass is 32.2. The molecule has 0 spiro atoms. The maximum Gasteiger partial charge on any atom is 0.340 e. The second-order valence-electron chi connectivity index (χ2n) is 7.77. The summed E-state index contributed by atoms with van der Waals surface area (Å²) in [5.74, 6) is -0.621. The third kappa shape index (κ3) is 4.97. The van der Waals surface area contributed by atoms with Crippen molar-refractivity contribution in [2.75, 3.05) is 30.8 Å². The summed E-state index contributed by atoms with van der Waals surface area (Å²) < 4.78 is 55.6. The van der Waals surface area contributed by atoms with Crippen LogP contribution in [-0.2, 0) is 10.0 Å². The summed E-state index contributed by atoms with van der Waals surface area (Å²) in [7, 11) is -2.46. The van der Waals surface area contributed by atoms with Crippen molar-refractivity contribution in [2.24, 2.45) is 0 Å². The van der Waals surface area contributed by atoms with E-state index in [1.807, 2.05) is 0 Å². The maximum absolute atomic E-state index is 13.1. The van der Waals surface area contributed by atoms with E-state index in [1.165, 1.54) is 43.5 Å². The van der Waals surface area contributed by atoms with Gasteiger partial charge in [0.05, 0.1) is 32.2 Å². The molecule has 0 aliphatic heterocycles. The number of aliphatic hydroxyl groups excluding tert-OH is 1. The van der Waals surface area contributed by atoms with E-state index in [0.717, 1.165) is 10.6 Å². The second-order valence-corrected chi connectivity index (χ2v) is 9.68. The molecule has 0 fully saturated rings. The maximum atomic E-state index is 13.1. The minimum atomic E-state index is -3.79. The largest absolute Gasteiger partial charge is 0.495 e. The highest BCUT2D eigenvalue weighted by Crippen LogP contribution is 2.41. The summed E-state index contributed by atoms with van der Waals surface area (Å²) in [6.07, 6.45) is 0.984. The molecule has 0 saturated heterocycles. The van der Waals surface area contributed by atoms with E-state index >= 15 is 0 Å². The highest BCUT2D eigenvalue weighted by molar-refractivity contribution is 7.92. The van der Waals surface area contributed by atoms with Crippen LogP contribution in [0.5, 0.6) is 17.2 Å². The van der Waals surface area contributed by atoms with Crippen molar-refractivity contribution in [3.63, 3.8) is 0 Å². The molecule has 1 aromatic heterocycles. The number of ether oxygens (including phenoxy) is 2. The molecule has 0 saturated carbocycles. The molecule has 0 atom stereocenters. The predicted molar refractivity (Wildman–Crippen MR) is 131 cm³/mol. The molecule has 0 unspecified atom stereocenters. The van der Waals surface area contributed by atoms with Gasteiger partial charge in [0.1, 0.15) is 40.0 Å². The van der Waals surface area contributed by atoms with Crippen LogP contribution in [0.25, 0.3) is 22.3 Å². The Kier molecular flexibility index (Phi) is 6.86. The molecule has 0 aliphatic rings. The van der Waals surface area contributed by atoms with Crippen molar-refractivity contribution >= 4 is 32.6 Å². The number of hydrogen-bond acceptors (Lipinski definition) is 7. The number of furan rings is 1. The zero-order chi connectivity index (χ0) is 26.0. The molecule has 11 heteroatoms. The van der Waals surface area contributed by atoms with E-state index in [1.54, 1.807) is 24.3 Å². The molecule has 3 aromatic carbocycles. The van der Waals surface area contributed by atoms with Crippen LogP contribution >= 0.6 is 0 Å². The van der Waals surface area contributed by atoms with E-state index in [9.17, 15) is 27.8 Å². The number of aliphatic hydroxyl groups is 1. The average molecular weight is 516 g/mol. The molecular formula is C25H22FNO8S. The Balaban J connectivity index is 1.79. The summed E-state index contributed by atoms with van der Waals surface area (Å²) in [6, 6.07) is 14.7. The zero-order valence-electron chi connectivity index (χ0n) is 19.3. The van der Waals surface area contributed by atoms with Crippen LogP contribution in [0.15, 0.2) is 65.1 Å². The molecular weight excluding hydrogens is 493 g/mol. The normalized spacial score (nSPS) is 11.4. The van der Waals surface area contributed by atoms with Crippen LogP contribution in [0.1, 0.15) is 10.4 Å². The summed E-state index contributed by atoms with van der Waals surface area (Å²) in [6.45, 7) is -0.667. The van der Waals surface area contributed by atoms with Crippen molar-refractivity contribution in [1.29, 1.82) is 0 Å². The molecule has 9 nitrogen and oxygen atoms in total. The van der Waals surface area contributed by atoms with E-state index in [0.29, 0.717) is 17.1 Å². The lowest BCUT2D eigenvalue weighted by molar-refractivity contribution is 0.0699. The Hall–Kier alpha value is -4.09. The Labute approximate surface area is 206 Å². The number of anilines is 1. The van der Waals surface area contributed by atoms with Gasteiger partial charge in [-0.15, -0.1) is 0 Å². The van der Waals surface area contributed by atoms with Crippen LogP contribution in [-0.4, -0.2) is 51.1 Å². The zero-order valence-corrected chi connectivity index (χ0v) is 20.1. The minimum absolute atomic E-state index is 0.0538. The fraction of sp³-hybridized carbons (Fsp3) is 0.160. The van der Waals surface area contributed by atoms with E-state index in [-0.39, 0.29) is 46.1 Å². The predicted octanol–water partition coefficient (Wildman–Crippen LogP) is 4.50. The topological polar surface area (TPSA) is 127 Å². The standard InChI is InChI=1S/C25H22FNO8S/c1-33-22-13-19-21(14-20(22)27(11-12-28)36(2,31)32)35-24(23(19)25(29)30)15-3-7-17(8-4-15)34-18-9-5-16(26)6-10-18/h3-10,13-14,28H,11-12H2,1-2H3,(H,29,30). The van der Waals surface area contributed by atoms with Gasteiger partial charge in [0.2, 0.25) is 10.0 Å². The first-order valence-electron chi connectivity index (χ1n) is 10.6. The Morgan fingerprint density at radius 2 is 1.67 bits per heavy atom. The van der Waals surface area contributed by atoms with Gasteiger partial charge in [-0.05, 0) is 54.6 Å². The Morgan fingerprint density at radius 3 is 2.19 bits per heavy atom. The number of fused-ring (bicyclic) bond motifs is 1. The lowest BCUT2D eigenvalue weighted by atomic mass is 10.0. The molecule has 0 bridgehead atoms. The number of halogens is 1. The SMILES string of the molecule is COc1cc2c(C(=O)O)c(-c3ccc(Oc4ccc(F)cc4)cc3)oc2cc1N(CCO)S(C)(=O)=O. The van der Waals surface area contributed by atoms with Crippen LogP contribution < -0.4 is 13.8 Å². The molecule has 36 heavy (non-hydrogen) atoms. The summed E-state index contributed by atoms with van der Waals surface area (Å²) in [5.41, 5.74) is 0.527. The number of carboxylic acid groups (broad SMARTS) is 1. The van der Waals surface area contributed by atoms with Gasteiger partial charge in [-0.25, -0.2) is 17.6 Å². The summed E-state index contributed by atoms with van der Waals surface area (Å²) in [4.78, 5) is 12.2. The minimum Gasteiger partial charge on any atom is -0.495 e. The van der Waals surface area contributed by atoms with Gasteiger partial charge in [0, 0.05) is 17.0 Å². The van der Waals surface area contributed by atoms with Gasteiger partial charge in [0.15, 0.2) is 0 Å². The van der Waals surface area contributed by atoms with Gasteiger partial charge >= 0.3 is 5.97 Å². The van der Waals surface area contributed by atoms with Gasteiger partial charge in [0.25, 0.3) is 0 Å². The first-order chi connectivity index (χ1) is 17.1. The molecule has 4 aromatic rings. The number of hydrogen-bond donors (Lipinski definition) is 2. The van der Waals surface area contributed by atoms with Crippen molar-refractivity contribution in [3.8, 4) is 28.6 Å². The van der Waals surface area contributed by atoms with E-state index in [2.05, 4.69) is 0 Å². The third-order valence-electron chi connectivity index (χ3n) is 5.34. The molecule has 0 amide bonds. The van der Waals surface area contributed by atoms with Gasteiger partial charge in [-0.3, -0.25) is 4.31 Å². The number of sulfonamides is 1. The molecule has 2 N–H and O–H groups in total. The fourth-order valence-corrected chi connectivity index (χ4v) is 4.67. The number of benzene rings is 3. The number of methoxy groups -OCH3 is 1. The van der Waals surface area contributed by atoms with Gasteiger partial charge in [-0.2, -0.15) is 0 Å². The average Bonchev–Trinajstić information content (AvgIpc) is 3.21. The lowest BCUT2D eigenvalue weighted by Gasteiger charge is -2.23. The number of carbonyl (C=O) groups is 1. The van der Waals surface area contributed by atoms with Crippen LogP contribution in [0.4, 0.5) is 10.1 Å². The number of aromatic carboxylic acids is 1. The van der Waals surface area contributed by atoms with Crippen molar-refractivity contribution in [2.45, 2.75) is 0 Å². The van der Waals surface area contributed by atoms with E-state index in [4.69, 9.17) is 13.9 Å².